The summed E-state index contributed by atoms with van der Waals surface area (Å²) in [7, 11) is 0. The van der Waals surface area contributed by atoms with Gasteiger partial charge in [-0.15, -0.1) is 13.2 Å². The lowest BCUT2D eigenvalue weighted by atomic mass is 10.1. The van der Waals surface area contributed by atoms with Gasteiger partial charge in [-0.25, -0.2) is 0 Å². The van der Waals surface area contributed by atoms with Crippen molar-refractivity contribution >= 4 is 11.8 Å². The van der Waals surface area contributed by atoms with Crippen molar-refractivity contribution in [3.8, 4) is 5.75 Å². The number of likely N-dealkylation sites (tertiary alicyclic amines) is 1. The molecular weight excluding hydrogens is 365 g/mol. The summed E-state index contributed by atoms with van der Waals surface area (Å²) in [6.45, 7) is 0.260. The Morgan fingerprint density at radius 1 is 1.22 bits per heavy atom. The van der Waals surface area contributed by atoms with Crippen LogP contribution in [-0.4, -0.2) is 35.7 Å². The highest BCUT2D eigenvalue weighted by Gasteiger charge is 2.36. The van der Waals surface area contributed by atoms with Gasteiger partial charge in [0, 0.05) is 18.7 Å². The fourth-order valence-corrected chi connectivity index (χ4v) is 3.00. The Kier molecular flexibility index (Phi) is 5.38. The lowest BCUT2D eigenvalue weighted by Crippen LogP contribution is -2.45. The summed E-state index contributed by atoms with van der Waals surface area (Å²) in [6, 6.07) is 7.97. The van der Waals surface area contributed by atoms with Crippen LogP contribution in [0.25, 0.3) is 0 Å². The summed E-state index contributed by atoms with van der Waals surface area (Å²) < 4.78 is 46.5. The van der Waals surface area contributed by atoms with Gasteiger partial charge in [0.25, 0.3) is 5.91 Å². The van der Waals surface area contributed by atoms with Gasteiger partial charge in [0.2, 0.25) is 5.91 Å². The number of nitrogens with one attached hydrogen (secondary N) is 1. The van der Waals surface area contributed by atoms with Gasteiger partial charge in [-0.3, -0.25) is 9.59 Å². The van der Waals surface area contributed by atoms with Crippen LogP contribution in [0.5, 0.6) is 5.75 Å². The Morgan fingerprint density at radius 2 is 2.00 bits per heavy atom. The zero-order valence-electron chi connectivity index (χ0n) is 14.2. The molecule has 1 unspecified atom stereocenters. The second kappa shape index (κ2) is 7.73. The number of nitrogens with zero attached hydrogens (tertiary/aromatic N) is 1. The van der Waals surface area contributed by atoms with Crippen LogP contribution in [-0.2, 0) is 11.3 Å². The Labute approximate surface area is 152 Å². The molecule has 1 aromatic carbocycles. The largest absolute Gasteiger partial charge is 0.573 e. The number of rotatable bonds is 5. The summed E-state index contributed by atoms with van der Waals surface area (Å²) in [6.07, 6.45) is -2.33. The average Bonchev–Trinajstić information content (AvgIpc) is 3.30. The Balaban J connectivity index is 1.65. The van der Waals surface area contributed by atoms with Crippen LogP contribution >= 0.6 is 0 Å². The van der Waals surface area contributed by atoms with E-state index in [1.54, 1.807) is 12.1 Å². The molecule has 1 aliphatic heterocycles. The van der Waals surface area contributed by atoms with Gasteiger partial charge in [0.15, 0.2) is 5.76 Å². The van der Waals surface area contributed by atoms with E-state index in [4.69, 9.17) is 4.42 Å². The number of halogens is 3. The molecule has 2 aromatic rings. The third kappa shape index (κ3) is 4.60. The number of amides is 2. The fourth-order valence-electron chi connectivity index (χ4n) is 3.00. The standard InChI is InChI=1S/C18H17F3N2O4/c19-18(20,21)27-14-7-2-1-5-12(14)11-22-16(24)13-6-3-9-23(13)17(25)15-8-4-10-26-15/h1-2,4-5,7-8,10,13H,3,6,9,11H2,(H,22,24). The Bertz CT molecular complexity index is 805. The predicted molar refractivity (Wildman–Crippen MR) is 87.7 cm³/mol. The van der Waals surface area contributed by atoms with Crippen molar-refractivity contribution in [3.05, 3.63) is 54.0 Å². The minimum atomic E-state index is -4.82. The first-order valence-corrected chi connectivity index (χ1v) is 8.31. The van der Waals surface area contributed by atoms with Gasteiger partial charge in [-0.1, -0.05) is 18.2 Å². The second-order valence-electron chi connectivity index (χ2n) is 6.01. The third-order valence-corrected chi connectivity index (χ3v) is 4.20. The zero-order chi connectivity index (χ0) is 19.4. The topological polar surface area (TPSA) is 71.8 Å². The number of para-hydroxylation sites is 1. The number of carbonyl (C=O) groups is 2. The van der Waals surface area contributed by atoms with Crippen LogP contribution in [0.3, 0.4) is 0 Å². The highest BCUT2D eigenvalue weighted by atomic mass is 19.4. The van der Waals surface area contributed by atoms with E-state index in [1.165, 1.54) is 35.4 Å². The first kappa shape index (κ1) is 18.8. The van der Waals surface area contributed by atoms with Crippen LogP contribution in [0.2, 0.25) is 0 Å². The molecule has 0 spiro atoms. The number of ether oxygens (including phenoxy) is 1. The zero-order valence-corrected chi connectivity index (χ0v) is 14.2. The number of furan rings is 1. The molecule has 3 rings (SSSR count). The number of hydrogen-bond donors (Lipinski definition) is 1. The maximum absolute atomic E-state index is 12.5. The van der Waals surface area contributed by atoms with Crippen LogP contribution in [0, 0.1) is 0 Å². The summed E-state index contributed by atoms with van der Waals surface area (Å²) in [5, 5.41) is 2.59. The average molecular weight is 382 g/mol. The van der Waals surface area contributed by atoms with Gasteiger partial charge < -0.3 is 19.4 Å². The van der Waals surface area contributed by atoms with E-state index in [0.717, 1.165) is 0 Å². The van der Waals surface area contributed by atoms with Crippen molar-refractivity contribution in [1.29, 1.82) is 0 Å². The lowest BCUT2D eigenvalue weighted by molar-refractivity contribution is -0.274. The molecule has 1 fully saturated rings. The molecule has 27 heavy (non-hydrogen) atoms. The van der Waals surface area contributed by atoms with Gasteiger partial charge in [0.1, 0.15) is 11.8 Å². The van der Waals surface area contributed by atoms with Crippen LogP contribution in [0.1, 0.15) is 29.0 Å². The summed E-state index contributed by atoms with van der Waals surface area (Å²) in [4.78, 5) is 26.3. The van der Waals surface area contributed by atoms with Gasteiger partial charge in [-0.2, -0.15) is 0 Å². The van der Waals surface area contributed by atoms with E-state index < -0.39 is 24.2 Å². The van der Waals surface area contributed by atoms with E-state index in [2.05, 4.69) is 10.1 Å². The molecule has 144 valence electrons. The molecule has 0 radical (unpaired) electrons. The van der Waals surface area contributed by atoms with Crippen molar-refractivity contribution in [3.63, 3.8) is 0 Å². The Hall–Kier alpha value is -2.97. The van der Waals surface area contributed by atoms with Crippen molar-refractivity contribution < 1.29 is 31.9 Å². The van der Waals surface area contributed by atoms with Crippen molar-refractivity contribution in [1.82, 2.24) is 10.2 Å². The molecule has 2 heterocycles. The van der Waals surface area contributed by atoms with E-state index in [-0.39, 0.29) is 23.6 Å². The fraction of sp³-hybridized carbons (Fsp3) is 0.333. The molecule has 0 aliphatic carbocycles. The maximum Gasteiger partial charge on any atom is 0.573 e. The quantitative estimate of drug-likeness (QED) is 0.863. The predicted octanol–water partition coefficient (Wildman–Crippen LogP) is 3.10. The van der Waals surface area contributed by atoms with Crippen molar-refractivity contribution in [2.45, 2.75) is 31.8 Å². The first-order valence-electron chi connectivity index (χ1n) is 8.31. The summed E-state index contributed by atoms with van der Waals surface area (Å²) >= 11 is 0. The van der Waals surface area contributed by atoms with Gasteiger partial charge in [-0.05, 0) is 31.0 Å². The molecule has 2 amide bonds. The first-order chi connectivity index (χ1) is 12.8. The number of alkyl halides is 3. The summed E-state index contributed by atoms with van der Waals surface area (Å²) in [5.74, 6) is -1.06. The highest BCUT2D eigenvalue weighted by Crippen LogP contribution is 2.26. The third-order valence-electron chi connectivity index (χ3n) is 4.20. The van der Waals surface area contributed by atoms with E-state index in [1.807, 2.05) is 0 Å². The molecule has 1 aliphatic rings. The second-order valence-corrected chi connectivity index (χ2v) is 6.01. The van der Waals surface area contributed by atoms with E-state index >= 15 is 0 Å². The molecule has 1 saturated heterocycles. The lowest BCUT2D eigenvalue weighted by Gasteiger charge is -2.23. The van der Waals surface area contributed by atoms with Gasteiger partial charge in [0.05, 0.1) is 6.26 Å². The number of hydrogen-bond acceptors (Lipinski definition) is 4. The van der Waals surface area contributed by atoms with Crippen molar-refractivity contribution in [2.75, 3.05) is 6.54 Å². The number of benzene rings is 1. The molecule has 0 saturated carbocycles. The molecule has 1 atom stereocenters. The smallest absolute Gasteiger partial charge is 0.459 e. The molecule has 0 bridgehead atoms. The normalized spacial score (nSPS) is 17.0. The van der Waals surface area contributed by atoms with Crippen LogP contribution < -0.4 is 10.1 Å². The van der Waals surface area contributed by atoms with E-state index in [0.29, 0.717) is 19.4 Å². The molecule has 9 heteroatoms. The van der Waals surface area contributed by atoms with Crippen molar-refractivity contribution in [2.24, 2.45) is 0 Å². The molecule has 6 nitrogen and oxygen atoms in total. The van der Waals surface area contributed by atoms with E-state index in [9.17, 15) is 22.8 Å². The highest BCUT2D eigenvalue weighted by molar-refractivity contribution is 5.95. The maximum atomic E-state index is 12.5. The molecule has 1 aromatic heterocycles. The van der Waals surface area contributed by atoms with Crippen LogP contribution in [0.4, 0.5) is 13.2 Å². The number of carbonyl (C=O) groups excluding carboxylic acids is 2. The molecule has 1 N–H and O–H groups in total. The minimum absolute atomic E-state index is 0.138. The minimum Gasteiger partial charge on any atom is -0.459 e. The monoisotopic (exact) mass is 382 g/mol. The van der Waals surface area contributed by atoms with Gasteiger partial charge >= 0.3 is 6.36 Å². The van der Waals surface area contributed by atoms with Crippen LogP contribution in [0.15, 0.2) is 47.1 Å². The molecular formula is C18H17F3N2O4. The SMILES string of the molecule is O=C(NCc1ccccc1OC(F)(F)F)C1CCCN1C(=O)c1ccco1. The Morgan fingerprint density at radius 3 is 2.70 bits per heavy atom. The summed E-state index contributed by atoms with van der Waals surface area (Å²) in [5.41, 5.74) is 0.185.